The maximum atomic E-state index is 13.0. The van der Waals surface area contributed by atoms with Gasteiger partial charge in [0.15, 0.2) is 0 Å². The lowest BCUT2D eigenvalue weighted by atomic mass is 9.76. The Morgan fingerprint density at radius 2 is 1.39 bits per heavy atom. The Morgan fingerprint density at radius 1 is 0.902 bits per heavy atom. The van der Waals surface area contributed by atoms with Crippen LogP contribution in [0.2, 0.25) is 0 Å². The summed E-state index contributed by atoms with van der Waals surface area (Å²) in [7, 11) is 0. The fraction of sp³-hybridized carbons (Fsp3) is 0.371. The van der Waals surface area contributed by atoms with Crippen molar-refractivity contribution in [2.45, 2.75) is 64.0 Å². The molecule has 5 nitrogen and oxygen atoms in total. The van der Waals surface area contributed by atoms with Crippen molar-refractivity contribution in [3.8, 4) is 0 Å². The molecule has 6 heteroatoms. The summed E-state index contributed by atoms with van der Waals surface area (Å²) < 4.78 is 2.32. The Bertz CT molecular complexity index is 1270. The molecule has 0 unspecified atom stereocenters. The van der Waals surface area contributed by atoms with Crippen molar-refractivity contribution < 1.29 is 4.79 Å². The lowest BCUT2D eigenvalue weighted by Crippen LogP contribution is -2.47. The van der Waals surface area contributed by atoms with Gasteiger partial charge in [-0.1, -0.05) is 104 Å². The highest BCUT2D eigenvalue weighted by Gasteiger charge is 2.39. The van der Waals surface area contributed by atoms with Crippen LogP contribution in [0, 0.1) is 12.8 Å². The number of benzene rings is 3. The highest BCUT2D eigenvalue weighted by atomic mass is 35.5. The molecule has 0 saturated carbocycles. The van der Waals surface area contributed by atoms with Crippen LogP contribution in [0.15, 0.2) is 97.3 Å². The summed E-state index contributed by atoms with van der Waals surface area (Å²) >= 11 is 0. The van der Waals surface area contributed by atoms with Crippen LogP contribution in [0.5, 0.6) is 0 Å². The van der Waals surface area contributed by atoms with E-state index in [1.807, 2.05) is 11.2 Å². The molecule has 4 aromatic rings. The Hall–Kier alpha value is -3.41. The number of amides is 1. The minimum Gasteiger partial charge on any atom is -0.341 e. The van der Waals surface area contributed by atoms with Gasteiger partial charge < -0.3 is 15.2 Å². The summed E-state index contributed by atoms with van der Waals surface area (Å²) in [4.78, 5) is 19.9. The van der Waals surface area contributed by atoms with E-state index in [1.165, 1.54) is 23.1 Å². The van der Waals surface area contributed by atoms with Crippen molar-refractivity contribution in [3.63, 3.8) is 0 Å². The molecule has 5 rings (SSSR count). The maximum absolute atomic E-state index is 13.0. The zero-order chi connectivity index (χ0) is 28.0. The topological polar surface area (TPSA) is 64.2 Å². The fourth-order valence-corrected chi connectivity index (χ4v) is 6.39. The van der Waals surface area contributed by atoms with E-state index < -0.39 is 11.6 Å². The summed E-state index contributed by atoms with van der Waals surface area (Å²) in [5.41, 5.74) is 11.5. The highest BCUT2D eigenvalue weighted by Crippen LogP contribution is 2.42. The summed E-state index contributed by atoms with van der Waals surface area (Å²) in [5, 5.41) is 0. The van der Waals surface area contributed by atoms with Crippen molar-refractivity contribution in [1.82, 2.24) is 14.5 Å². The zero-order valence-corrected chi connectivity index (χ0v) is 25.1. The molecule has 2 N–H and O–H groups in total. The highest BCUT2D eigenvalue weighted by molar-refractivity contribution is 5.85. The summed E-state index contributed by atoms with van der Waals surface area (Å²) in [6.45, 7) is 6.08. The number of hydrogen-bond donors (Lipinski definition) is 1. The normalized spacial score (nSPS) is 14.9. The van der Waals surface area contributed by atoms with Gasteiger partial charge in [-0.15, -0.1) is 12.4 Å². The first-order valence-electron chi connectivity index (χ1n) is 14.8. The number of piperidine rings is 1. The monoisotopic (exact) mass is 570 g/mol. The summed E-state index contributed by atoms with van der Waals surface area (Å²) in [5.74, 6) is 0.848. The first-order valence-corrected chi connectivity index (χ1v) is 14.8. The van der Waals surface area contributed by atoms with Crippen LogP contribution in [0.4, 0.5) is 0 Å². The van der Waals surface area contributed by atoms with E-state index in [1.54, 1.807) is 0 Å². The minimum absolute atomic E-state index is 0. The molecule has 1 saturated heterocycles. The molecule has 2 heterocycles. The van der Waals surface area contributed by atoms with E-state index in [-0.39, 0.29) is 18.3 Å². The Labute approximate surface area is 251 Å². The van der Waals surface area contributed by atoms with Gasteiger partial charge in [0.1, 0.15) is 5.54 Å². The van der Waals surface area contributed by atoms with Gasteiger partial charge in [0.25, 0.3) is 0 Å². The van der Waals surface area contributed by atoms with E-state index in [0.717, 1.165) is 56.1 Å². The van der Waals surface area contributed by atoms with E-state index >= 15 is 0 Å². The molecule has 1 aliphatic heterocycles. The summed E-state index contributed by atoms with van der Waals surface area (Å²) in [6.07, 6.45) is 7.65. The second-order valence-corrected chi connectivity index (χ2v) is 11.1. The summed E-state index contributed by atoms with van der Waals surface area (Å²) in [6, 6.07) is 31.6. The van der Waals surface area contributed by atoms with Gasteiger partial charge >= 0.3 is 0 Å². The predicted molar refractivity (Wildman–Crippen MR) is 169 cm³/mol. The van der Waals surface area contributed by atoms with Crippen LogP contribution in [0.25, 0.3) is 0 Å². The molecule has 216 valence electrons. The molecule has 0 spiro atoms. The van der Waals surface area contributed by atoms with E-state index in [9.17, 15) is 4.79 Å². The third-order valence-corrected chi connectivity index (χ3v) is 8.79. The van der Waals surface area contributed by atoms with Gasteiger partial charge in [0, 0.05) is 18.8 Å². The standard InChI is InChI=1S/C35H42N4O.ClH/c1-3-28-22-24-38(25-23-28)34(40)32(36)20-13-21-33-27(2)39(26-37-33)35(29-14-7-4-8-15-29,30-16-9-5-10-17-30)31-18-11-6-12-19-31;/h4-12,14-19,26,28,32H,3,13,20-25,36H2,1-2H3;1H/t32-;/m0./s1. The number of nitrogens with zero attached hydrogens (tertiary/aromatic N) is 3. The van der Waals surface area contributed by atoms with Crippen LogP contribution >= 0.6 is 12.4 Å². The molecular weight excluding hydrogens is 528 g/mol. The van der Waals surface area contributed by atoms with E-state index in [4.69, 9.17) is 10.7 Å². The van der Waals surface area contributed by atoms with E-state index in [2.05, 4.69) is 109 Å². The minimum atomic E-state index is -0.573. The van der Waals surface area contributed by atoms with Gasteiger partial charge in [-0.3, -0.25) is 4.79 Å². The molecule has 1 atom stereocenters. The van der Waals surface area contributed by atoms with Crippen molar-refractivity contribution in [2.75, 3.05) is 13.1 Å². The van der Waals surface area contributed by atoms with Crippen molar-refractivity contribution in [1.29, 1.82) is 0 Å². The average Bonchev–Trinajstić information content (AvgIpc) is 3.38. The number of carbonyl (C=O) groups is 1. The van der Waals surface area contributed by atoms with Gasteiger partial charge in [0.05, 0.1) is 18.1 Å². The van der Waals surface area contributed by atoms with Crippen LogP contribution in [-0.4, -0.2) is 39.5 Å². The van der Waals surface area contributed by atoms with Crippen molar-refractivity contribution in [2.24, 2.45) is 11.7 Å². The van der Waals surface area contributed by atoms with E-state index in [0.29, 0.717) is 6.42 Å². The number of likely N-dealkylation sites (tertiary alicyclic amines) is 1. The molecule has 41 heavy (non-hydrogen) atoms. The molecule has 3 aromatic carbocycles. The number of halogens is 1. The Kier molecular flexibility index (Phi) is 10.4. The van der Waals surface area contributed by atoms with Crippen molar-refractivity contribution >= 4 is 18.3 Å². The predicted octanol–water partition coefficient (Wildman–Crippen LogP) is 6.75. The first kappa shape index (κ1) is 30.5. The second kappa shape index (κ2) is 14.0. The van der Waals surface area contributed by atoms with Gasteiger partial charge in [-0.25, -0.2) is 4.98 Å². The van der Waals surface area contributed by atoms with Gasteiger partial charge in [-0.2, -0.15) is 0 Å². The first-order chi connectivity index (χ1) is 19.6. The van der Waals surface area contributed by atoms with Crippen LogP contribution < -0.4 is 5.73 Å². The zero-order valence-electron chi connectivity index (χ0n) is 24.3. The van der Waals surface area contributed by atoms with Crippen LogP contribution in [-0.2, 0) is 16.8 Å². The SMILES string of the molecule is CCC1CCN(C(=O)[C@@H](N)CCCc2ncn(C(c3ccccc3)(c3ccccc3)c3ccccc3)c2C)CC1.Cl. The lowest BCUT2D eigenvalue weighted by Gasteiger charge is -2.38. The second-order valence-electron chi connectivity index (χ2n) is 11.1. The number of hydrogen-bond acceptors (Lipinski definition) is 3. The molecule has 1 amide bonds. The van der Waals surface area contributed by atoms with Crippen LogP contribution in [0.3, 0.4) is 0 Å². The number of aryl methyl sites for hydroxylation is 1. The lowest BCUT2D eigenvalue weighted by molar-refractivity contribution is -0.134. The number of carbonyl (C=O) groups excluding carboxylic acids is 1. The fourth-order valence-electron chi connectivity index (χ4n) is 6.39. The smallest absolute Gasteiger partial charge is 0.239 e. The van der Waals surface area contributed by atoms with Gasteiger partial charge in [0.2, 0.25) is 5.91 Å². The number of nitrogens with two attached hydrogens (primary N) is 1. The quantitative estimate of drug-likeness (QED) is 0.214. The molecule has 0 bridgehead atoms. The Balaban J connectivity index is 0.00000387. The van der Waals surface area contributed by atoms with Crippen molar-refractivity contribution in [3.05, 3.63) is 125 Å². The molecule has 1 fully saturated rings. The third kappa shape index (κ3) is 6.27. The largest absolute Gasteiger partial charge is 0.341 e. The number of imidazole rings is 1. The molecule has 1 aromatic heterocycles. The molecule has 0 radical (unpaired) electrons. The molecule has 1 aliphatic rings. The maximum Gasteiger partial charge on any atom is 0.239 e. The third-order valence-electron chi connectivity index (χ3n) is 8.79. The number of aromatic nitrogens is 2. The average molecular weight is 571 g/mol. The van der Waals surface area contributed by atoms with Gasteiger partial charge in [-0.05, 0) is 61.6 Å². The Morgan fingerprint density at radius 3 is 1.85 bits per heavy atom. The molecule has 0 aliphatic carbocycles. The number of rotatable bonds is 10. The van der Waals surface area contributed by atoms with Crippen LogP contribution in [0.1, 0.15) is 67.1 Å². The molecular formula is C35H43ClN4O.